The number of ether oxygens (including phenoxy) is 2. The molecule has 0 saturated heterocycles. The summed E-state index contributed by atoms with van der Waals surface area (Å²) in [7, 11) is 2.87. The molecule has 4 nitrogen and oxygen atoms in total. The van der Waals surface area contributed by atoms with Crippen LogP contribution in [0.5, 0.6) is 5.75 Å². The monoisotopic (exact) mass is 263 g/mol. The molecule has 0 radical (unpaired) electrons. The second kappa shape index (κ2) is 5.18. The molecule has 0 N–H and O–H groups in total. The van der Waals surface area contributed by atoms with Crippen LogP contribution in [0.1, 0.15) is 16.1 Å². The summed E-state index contributed by atoms with van der Waals surface area (Å²) in [5, 5.41) is 2.84. The highest BCUT2D eigenvalue weighted by Gasteiger charge is 2.15. The molecular weight excluding hydrogens is 250 g/mol. The minimum atomic E-state index is -0.415. The van der Waals surface area contributed by atoms with E-state index in [1.165, 1.54) is 14.2 Å². The van der Waals surface area contributed by atoms with Gasteiger partial charge >= 0.3 is 5.97 Å². The summed E-state index contributed by atoms with van der Waals surface area (Å²) in [6.45, 7) is 1.94. The molecule has 0 saturated carbocycles. The summed E-state index contributed by atoms with van der Waals surface area (Å²) in [4.78, 5) is 16.1. The van der Waals surface area contributed by atoms with E-state index >= 15 is 0 Å². The summed E-state index contributed by atoms with van der Waals surface area (Å²) in [6, 6.07) is 5.37. The summed E-state index contributed by atoms with van der Waals surface area (Å²) in [6.07, 6.45) is 0. The molecule has 1 aromatic heterocycles. The van der Waals surface area contributed by atoms with Crippen molar-refractivity contribution in [2.24, 2.45) is 0 Å². The summed E-state index contributed by atoms with van der Waals surface area (Å²) < 4.78 is 9.89. The average Bonchev–Trinajstić information content (AvgIpc) is 2.83. The van der Waals surface area contributed by atoms with E-state index in [4.69, 9.17) is 9.47 Å². The molecule has 2 aromatic rings. The normalized spacial score (nSPS) is 10.2. The lowest BCUT2D eigenvalue weighted by molar-refractivity contribution is 0.0597. The third-order valence-electron chi connectivity index (χ3n) is 2.47. The zero-order chi connectivity index (χ0) is 13.1. The van der Waals surface area contributed by atoms with Gasteiger partial charge in [0.25, 0.3) is 0 Å². The summed E-state index contributed by atoms with van der Waals surface area (Å²) in [5.74, 6) is 0.0841. The van der Waals surface area contributed by atoms with E-state index in [1.807, 2.05) is 18.4 Å². The lowest BCUT2D eigenvalue weighted by atomic mass is 10.1. The Kier molecular flexibility index (Phi) is 3.62. The van der Waals surface area contributed by atoms with Crippen LogP contribution >= 0.6 is 11.3 Å². The first-order valence-corrected chi connectivity index (χ1v) is 6.22. The first-order chi connectivity index (χ1) is 8.65. The minimum absolute atomic E-state index is 0.408. The Hall–Kier alpha value is -1.88. The third kappa shape index (κ3) is 2.36. The Balaban J connectivity index is 2.48. The van der Waals surface area contributed by atoms with Crippen molar-refractivity contribution in [2.45, 2.75) is 6.92 Å². The zero-order valence-electron chi connectivity index (χ0n) is 10.4. The molecule has 18 heavy (non-hydrogen) atoms. The Morgan fingerprint density at radius 1 is 1.33 bits per heavy atom. The summed E-state index contributed by atoms with van der Waals surface area (Å²) in [5.41, 5.74) is 2.25. The van der Waals surface area contributed by atoms with Crippen molar-refractivity contribution in [3.8, 4) is 16.3 Å². The molecule has 2 rings (SSSR count). The molecule has 5 heteroatoms. The lowest BCUT2D eigenvalue weighted by Gasteiger charge is -2.07. The van der Waals surface area contributed by atoms with Crippen molar-refractivity contribution in [1.82, 2.24) is 4.98 Å². The molecule has 0 atom stereocenters. The predicted octanol–water partition coefficient (Wildman–Crippen LogP) is 2.91. The number of thiazole rings is 1. The number of aryl methyl sites for hydroxylation is 1. The number of carbonyl (C=O) groups is 1. The van der Waals surface area contributed by atoms with Crippen LogP contribution in [-0.4, -0.2) is 25.2 Å². The standard InChI is InChI=1S/C13H13NO3S/c1-8-7-18-12(14-8)9-4-5-11(16-2)10(6-9)13(15)17-3/h4-7H,1-3H3. The number of esters is 1. The Bertz CT molecular complexity index is 577. The fraction of sp³-hybridized carbons (Fsp3) is 0.231. The molecule has 0 aliphatic carbocycles. The third-order valence-corrected chi connectivity index (χ3v) is 3.48. The Labute approximate surface area is 109 Å². The number of carbonyl (C=O) groups excluding carboxylic acids is 1. The number of rotatable bonds is 3. The van der Waals surface area contributed by atoms with E-state index in [0.717, 1.165) is 16.3 Å². The van der Waals surface area contributed by atoms with Crippen molar-refractivity contribution in [3.63, 3.8) is 0 Å². The van der Waals surface area contributed by atoms with E-state index < -0.39 is 5.97 Å². The van der Waals surface area contributed by atoms with Gasteiger partial charge in [-0.1, -0.05) is 0 Å². The van der Waals surface area contributed by atoms with Crippen LogP contribution in [-0.2, 0) is 4.74 Å². The van der Waals surface area contributed by atoms with Crippen molar-refractivity contribution in [3.05, 3.63) is 34.8 Å². The van der Waals surface area contributed by atoms with Gasteiger partial charge < -0.3 is 9.47 Å². The van der Waals surface area contributed by atoms with Gasteiger partial charge in [0, 0.05) is 16.6 Å². The molecule has 0 spiro atoms. The SMILES string of the molecule is COC(=O)c1cc(-c2nc(C)cs2)ccc1OC. The number of aromatic nitrogens is 1. The predicted molar refractivity (Wildman–Crippen MR) is 70.2 cm³/mol. The molecule has 0 amide bonds. The molecule has 0 bridgehead atoms. The van der Waals surface area contributed by atoms with Gasteiger partial charge in [-0.15, -0.1) is 11.3 Å². The Morgan fingerprint density at radius 3 is 2.67 bits per heavy atom. The lowest BCUT2D eigenvalue weighted by Crippen LogP contribution is -2.04. The van der Waals surface area contributed by atoms with E-state index in [2.05, 4.69) is 4.98 Å². The first-order valence-electron chi connectivity index (χ1n) is 5.34. The second-order valence-corrected chi connectivity index (χ2v) is 4.56. The highest BCUT2D eigenvalue weighted by Crippen LogP contribution is 2.29. The molecule has 0 aliphatic heterocycles. The van der Waals surface area contributed by atoms with Gasteiger partial charge in [-0.05, 0) is 25.1 Å². The fourth-order valence-electron chi connectivity index (χ4n) is 1.60. The maximum Gasteiger partial charge on any atom is 0.341 e. The van der Waals surface area contributed by atoms with Gasteiger partial charge in [-0.3, -0.25) is 0 Å². The molecule has 0 aliphatic rings. The van der Waals surface area contributed by atoms with Crippen LogP contribution in [0.15, 0.2) is 23.6 Å². The Morgan fingerprint density at radius 2 is 2.11 bits per heavy atom. The fourth-order valence-corrected chi connectivity index (χ4v) is 2.39. The van der Waals surface area contributed by atoms with Crippen LogP contribution in [0.4, 0.5) is 0 Å². The van der Waals surface area contributed by atoms with Crippen LogP contribution in [0.25, 0.3) is 10.6 Å². The van der Waals surface area contributed by atoms with Crippen LogP contribution in [0.3, 0.4) is 0 Å². The van der Waals surface area contributed by atoms with Gasteiger partial charge in [-0.2, -0.15) is 0 Å². The molecule has 0 fully saturated rings. The van der Waals surface area contributed by atoms with Gasteiger partial charge in [0.15, 0.2) is 0 Å². The van der Waals surface area contributed by atoms with Crippen LogP contribution in [0, 0.1) is 6.92 Å². The highest BCUT2D eigenvalue weighted by molar-refractivity contribution is 7.13. The smallest absolute Gasteiger partial charge is 0.341 e. The summed E-state index contributed by atoms with van der Waals surface area (Å²) >= 11 is 1.54. The van der Waals surface area contributed by atoms with Gasteiger partial charge in [-0.25, -0.2) is 9.78 Å². The van der Waals surface area contributed by atoms with Crippen molar-refractivity contribution in [2.75, 3.05) is 14.2 Å². The minimum Gasteiger partial charge on any atom is -0.496 e. The first kappa shape index (κ1) is 12.6. The maximum atomic E-state index is 11.7. The molecular formula is C13H13NO3S. The van der Waals surface area contributed by atoms with Gasteiger partial charge in [0.1, 0.15) is 16.3 Å². The number of benzene rings is 1. The molecule has 0 unspecified atom stereocenters. The quantitative estimate of drug-likeness (QED) is 0.799. The van der Waals surface area contributed by atoms with E-state index in [-0.39, 0.29) is 0 Å². The van der Waals surface area contributed by atoms with Gasteiger partial charge in [0.2, 0.25) is 0 Å². The largest absolute Gasteiger partial charge is 0.496 e. The number of methoxy groups -OCH3 is 2. The number of hydrogen-bond donors (Lipinski definition) is 0. The highest BCUT2D eigenvalue weighted by atomic mass is 32.1. The van der Waals surface area contributed by atoms with E-state index in [0.29, 0.717) is 11.3 Å². The van der Waals surface area contributed by atoms with E-state index in [9.17, 15) is 4.79 Å². The van der Waals surface area contributed by atoms with Crippen LogP contribution in [0.2, 0.25) is 0 Å². The van der Waals surface area contributed by atoms with Crippen molar-refractivity contribution >= 4 is 17.3 Å². The molecule has 94 valence electrons. The van der Waals surface area contributed by atoms with Gasteiger partial charge in [0.05, 0.1) is 14.2 Å². The second-order valence-electron chi connectivity index (χ2n) is 3.70. The zero-order valence-corrected chi connectivity index (χ0v) is 11.2. The number of hydrogen-bond acceptors (Lipinski definition) is 5. The van der Waals surface area contributed by atoms with Crippen LogP contribution < -0.4 is 4.74 Å². The number of nitrogens with zero attached hydrogens (tertiary/aromatic N) is 1. The van der Waals surface area contributed by atoms with Crippen molar-refractivity contribution < 1.29 is 14.3 Å². The topological polar surface area (TPSA) is 48.4 Å². The van der Waals surface area contributed by atoms with Crippen molar-refractivity contribution in [1.29, 1.82) is 0 Å². The maximum absolute atomic E-state index is 11.7. The molecule has 1 heterocycles. The molecule has 1 aromatic carbocycles. The average molecular weight is 263 g/mol. The van der Waals surface area contributed by atoms with E-state index in [1.54, 1.807) is 23.5 Å².